The van der Waals surface area contributed by atoms with E-state index in [1.54, 1.807) is 12.1 Å². The molecule has 1 aliphatic rings. The second-order valence-corrected chi connectivity index (χ2v) is 11.1. The van der Waals surface area contributed by atoms with Crippen LogP contribution < -0.4 is 5.56 Å². The molecule has 0 N–H and O–H groups in total. The Balaban J connectivity index is 1.29. The van der Waals surface area contributed by atoms with Crippen molar-refractivity contribution in [2.24, 2.45) is 0 Å². The fraction of sp³-hybridized carbons (Fsp3) is 0.333. The average molecular weight is 540 g/mol. The van der Waals surface area contributed by atoms with E-state index in [4.69, 9.17) is 0 Å². The van der Waals surface area contributed by atoms with Crippen molar-refractivity contribution >= 4 is 26.3 Å². The molecule has 1 aromatic carbocycles. The summed E-state index contributed by atoms with van der Waals surface area (Å²) in [5.74, 6) is -0.410. The Morgan fingerprint density at radius 1 is 1.14 bits per heavy atom. The maximum Gasteiger partial charge on any atom is 0.333 e. The van der Waals surface area contributed by atoms with Gasteiger partial charge in [0.2, 0.25) is 15.0 Å². The predicted octanol–water partition coefficient (Wildman–Crippen LogP) is 2.36. The minimum atomic E-state index is -3.98. The number of alkyl halides is 2. The van der Waals surface area contributed by atoms with Crippen LogP contribution in [0.2, 0.25) is 0 Å². The molecule has 0 bridgehead atoms. The SMILES string of the molecule is Cc1c(S(=O)(=O)N2CCN(Cc3cc(=O)n4nc(-c5cccc(F)c5)sc4n3)CC2)cnn1C(F)F. The minimum absolute atomic E-state index is 0.118. The molecule has 1 aliphatic heterocycles. The van der Waals surface area contributed by atoms with Gasteiger partial charge in [0, 0.05) is 44.4 Å². The number of nitrogens with zero attached hydrogens (tertiary/aromatic N) is 7. The van der Waals surface area contributed by atoms with Crippen LogP contribution in [0.25, 0.3) is 15.5 Å². The molecule has 1 fully saturated rings. The van der Waals surface area contributed by atoms with Crippen LogP contribution in [0.1, 0.15) is 17.9 Å². The molecule has 0 saturated carbocycles. The van der Waals surface area contributed by atoms with Crippen molar-refractivity contribution in [1.82, 2.24) is 33.6 Å². The van der Waals surface area contributed by atoms with E-state index in [1.165, 1.54) is 33.9 Å². The van der Waals surface area contributed by atoms with Crippen LogP contribution in [-0.2, 0) is 16.6 Å². The third kappa shape index (κ3) is 4.54. The molecule has 0 radical (unpaired) electrons. The zero-order valence-corrected chi connectivity index (χ0v) is 20.5. The first kappa shape index (κ1) is 24.5. The number of piperazine rings is 1. The lowest BCUT2D eigenvalue weighted by atomic mass is 10.2. The zero-order chi connectivity index (χ0) is 25.6. The number of halogens is 3. The Hall–Kier alpha value is -3.14. The van der Waals surface area contributed by atoms with Gasteiger partial charge in [0.05, 0.1) is 17.6 Å². The van der Waals surface area contributed by atoms with Crippen molar-refractivity contribution < 1.29 is 21.6 Å². The van der Waals surface area contributed by atoms with Crippen LogP contribution in [-0.4, -0.2) is 68.2 Å². The van der Waals surface area contributed by atoms with Crippen molar-refractivity contribution in [3.8, 4) is 10.6 Å². The van der Waals surface area contributed by atoms with Gasteiger partial charge in [-0.2, -0.15) is 27.8 Å². The molecule has 0 unspecified atom stereocenters. The Bertz CT molecular complexity index is 1590. The summed E-state index contributed by atoms with van der Waals surface area (Å²) in [5, 5.41) is 8.20. The molecule has 15 heteroatoms. The third-order valence-corrected chi connectivity index (χ3v) is 8.85. The van der Waals surface area contributed by atoms with Crippen LogP contribution in [0.3, 0.4) is 0 Å². The maximum atomic E-state index is 13.6. The molecule has 1 saturated heterocycles. The average Bonchev–Trinajstić information content (AvgIpc) is 3.44. The summed E-state index contributed by atoms with van der Waals surface area (Å²) in [6.07, 6.45) is 0.947. The molecule has 4 heterocycles. The fourth-order valence-corrected chi connectivity index (χ4v) is 6.52. The molecular weight excluding hydrogens is 519 g/mol. The standard InChI is InChI=1S/C21H20F3N7O3S2/c1-13-17(11-25-30(13)20(23)24)36(33,34)29-7-5-28(6-8-29)12-16-10-18(32)31-21(26-16)35-19(27-31)14-3-2-4-15(22)9-14/h2-4,9-11,20H,5-8,12H2,1H3. The van der Waals surface area contributed by atoms with E-state index in [2.05, 4.69) is 15.2 Å². The van der Waals surface area contributed by atoms with E-state index in [0.29, 0.717) is 45.5 Å². The summed E-state index contributed by atoms with van der Waals surface area (Å²) in [7, 11) is -3.98. The van der Waals surface area contributed by atoms with Gasteiger partial charge in [0.1, 0.15) is 15.7 Å². The third-order valence-electron chi connectivity index (χ3n) is 5.89. The number of hydrogen-bond donors (Lipinski definition) is 0. The fourth-order valence-electron chi connectivity index (χ4n) is 4.03. The van der Waals surface area contributed by atoms with Gasteiger partial charge < -0.3 is 0 Å². The van der Waals surface area contributed by atoms with Crippen LogP contribution in [0.15, 0.2) is 46.2 Å². The Labute approximate surface area is 207 Å². The molecule has 10 nitrogen and oxygen atoms in total. The number of rotatable bonds is 6. The predicted molar refractivity (Wildman–Crippen MR) is 125 cm³/mol. The van der Waals surface area contributed by atoms with Gasteiger partial charge in [-0.25, -0.2) is 22.5 Å². The van der Waals surface area contributed by atoms with Crippen LogP contribution in [0.4, 0.5) is 13.2 Å². The second kappa shape index (κ2) is 9.38. The van der Waals surface area contributed by atoms with Crippen LogP contribution in [0, 0.1) is 12.7 Å². The molecule has 4 aromatic rings. The molecular formula is C21H20F3N7O3S2. The highest BCUT2D eigenvalue weighted by Gasteiger charge is 2.32. The van der Waals surface area contributed by atoms with Gasteiger partial charge >= 0.3 is 6.55 Å². The quantitative estimate of drug-likeness (QED) is 0.370. The van der Waals surface area contributed by atoms with Gasteiger partial charge in [0.15, 0.2) is 0 Å². The van der Waals surface area contributed by atoms with E-state index in [9.17, 15) is 26.4 Å². The van der Waals surface area contributed by atoms with Crippen molar-refractivity contribution in [3.05, 3.63) is 64.1 Å². The van der Waals surface area contributed by atoms with E-state index >= 15 is 0 Å². The summed E-state index contributed by atoms with van der Waals surface area (Å²) in [6.45, 7) is -0.306. The molecule has 0 spiro atoms. The van der Waals surface area contributed by atoms with E-state index in [-0.39, 0.29) is 29.2 Å². The number of benzene rings is 1. The molecule has 36 heavy (non-hydrogen) atoms. The zero-order valence-electron chi connectivity index (χ0n) is 18.9. The number of hydrogen-bond acceptors (Lipinski definition) is 8. The Kier molecular flexibility index (Phi) is 6.40. The maximum absolute atomic E-state index is 13.6. The van der Waals surface area contributed by atoms with E-state index < -0.39 is 22.4 Å². The van der Waals surface area contributed by atoms with Gasteiger partial charge in [-0.3, -0.25) is 9.69 Å². The molecule has 0 amide bonds. The van der Waals surface area contributed by atoms with Gasteiger partial charge in [-0.15, -0.1) is 0 Å². The van der Waals surface area contributed by atoms with Crippen molar-refractivity contribution in [2.75, 3.05) is 26.2 Å². The normalized spacial score (nSPS) is 15.8. The van der Waals surface area contributed by atoms with Crippen LogP contribution in [0.5, 0.6) is 0 Å². The van der Waals surface area contributed by atoms with Crippen molar-refractivity contribution in [3.63, 3.8) is 0 Å². The largest absolute Gasteiger partial charge is 0.333 e. The highest BCUT2D eigenvalue weighted by Crippen LogP contribution is 2.26. The molecule has 190 valence electrons. The molecule has 5 rings (SSSR count). The van der Waals surface area contributed by atoms with Gasteiger partial charge in [-0.1, -0.05) is 23.5 Å². The van der Waals surface area contributed by atoms with Crippen LogP contribution >= 0.6 is 11.3 Å². The number of aromatic nitrogens is 5. The van der Waals surface area contributed by atoms with Crippen molar-refractivity contribution in [2.45, 2.75) is 24.9 Å². The summed E-state index contributed by atoms with van der Waals surface area (Å²) in [6, 6.07) is 7.27. The van der Waals surface area contributed by atoms with E-state index in [0.717, 1.165) is 17.5 Å². The van der Waals surface area contributed by atoms with E-state index in [1.807, 2.05) is 4.90 Å². The lowest BCUT2D eigenvalue weighted by Crippen LogP contribution is -2.48. The second-order valence-electron chi connectivity index (χ2n) is 8.19. The Morgan fingerprint density at radius 3 is 2.56 bits per heavy atom. The highest BCUT2D eigenvalue weighted by atomic mass is 32.2. The molecule has 3 aromatic heterocycles. The molecule has 0 aliphatic carbocycles. The summed E-state index contributed by atoms with van der Waals surface area (Å²) in [5.41, 5.74) is 0.548. The van der Waals surface area contributed by atoms with Gasteiger partial charge in [0.25, 0.3) is 5.56 Å². The number of sulfonamides is 1. The summed E-state index contributed by atoms with van der Waals surface area (Å²) < 4.78 is 68.3. The lowest BCUT2D eigenvalue weighted by molar-refractivity contribution is 0.0541. The highest BCUT2D eigenvalue weighted by molar-refractivity contribution is 7.89. The van der Waals surface area contributed by atoms with Gasteiger partial charge in [-0.05, 0) is 19.1 Å². The lowest BCUT2D eigenvalue weighted by Gasteiger charge is -2.33. The monoisotopic (exact) mass is 539 g/mol. The Morgan fingerprint density at radius 2 is 1.89 bits per heavy atom. The van der Waals surface area contributed by atoms with Crippen molar-refractivity contribution in [1.29, 1.82) is 0 Å². The molecule has 0 atom stereocenters. The minimum Gasteiger partial charge on any atom is -0.295 e. The smallest absolute Gasteiger partial charge is 0.295 e. The first-order valence-electron chi connectivity index (χ1n) is 10.8. The number of fused-ring (bicyclic) bond motifs is 1. The topological polar surface area (TPSA) is 106 Å². The first-order valence-corrected chi connectivity index (χ1v) is 13.1. The summed E-state index contributed by atoms with van der Waals surface area (Å²) in [4.78, 5) is 19.2. The first-order chi connectivity index (χ1) is 17.1. The summed E-state index contributed by atoms with van der Waals surface area (Å²) >= 11 is 1.16.